The Bertz CT molecular complexity index is 2250. The lowest BCUT2D eigenvalue weighted by Crippen LogP contribution is -2.52. The van der Waals surface area contributed by atoms with E-state index in [2.05, 4.69) is 14.4 Å². The quantitative estimate of drug-likeness (QED) is 0.0713. The lowest BCUT2D eigenvalue weighted by Gasteiger charge is -2.44. The van der Waals surface area contributed by atoms with Crippen LogP contribution in [0.15, 0.2) is 84.0 Å². The first-order chi connectivity index (χ1) is 27.7. The van der Waals surface area contributed by atoms with Gasteiger partial charge in [-0.1, -0.05) is 53.5 Å². The van der Waals surface area contributed by atoms with Gasteiger partial charge in [-0.25, -0.2) is 22.4 Å². The lowest BCUT2D eigenvalue weighted by molar-refractivity contribution is -0.605. The molecule has 0 spiro atoms. The molecule has 308 valence electrons. The fourth-order valence-electron chi connectivity index (χ4n) is 7.08. The van der Waals surface area contributed by atoms with Crippen molar-refractivity contribution in [3.63, 3.8) is 0 Å². The molecule has 3 saturated heterocycles. The monoisotopic (exact) mass is 863 g/mol. The molecular formula is C40H38Cl2F3N3O9S. The summed E-state index contributed by atoms with van der Waals surface area (Å²) in [7, 11) is -4.64. The summed E-state index contributed by atoms with van der Waals surface area (Å²) in [6.07, 6.45) is 3.60. The Hall–Kier alpha value is -4.61. The van der Waals surface area contributed by atoms with Crippen LogP contribution in [0.2, 0.25) is 10.0 Å². The van der Waals surface area contributed by atoms with E-state index < -0.39 is 57.5 Å². The Morgan fingerprint density at radius 1 is 0.948 bits per heavy atom. The Labute approximate surface area is 342 Å². The third kappa shape index (κ3) is 9.97. The molecule has 0 amide bonds. The number of carbonyl (C=O) groups excluding carboxylic acids is 2. The molecule has 1 aromatic heterocycles. The minimum absolute atomic E-state index is 0.0380. The molecule has 4 heterocycles. The van der Waals surface area contributed by atoms with Crippen molar-refractivity contribution in [3.8, 4) is 11.5 Å². The number of carbonyl (C=O) groups is 2. The SMILES string of the molecule is O=C(OC(Cc1c(Cl)c[n+]([O-])cc1Cl)c1ccc(OC(F)F)c(OCC2CC2)c1)c1cccc(S(=O)(=O)NC(C(=O)O[C@H]2CN3CCC2CC3)c2ccccc2F)c1. The molecule has 3 aromatic carbocycles. The molecule has 1 N–H and O–H groups in total. The van der Waals surface area contributed by atoms with Crippen LogP contribution in [0.5, 0.6) is 11.5 Å². The van der Waals surface area contributed by atoms with Gasteiger partial charge in [0.2, 0.25) is 10.0 Å². The van der Waals surface area contributed by atoms with Gasteiger partial charge >= 0.3 is 18.6 Å². The molecule has 58 heavy (non-hydrogen) atoms. The normalized spacial score (nSPS) is 20.0. The minimum Gasteiger partial charge on any atom is -0.619 e. The average molecular weight is 865 g/mol. The highest BCUT2D eigenvalue weighted by molar-refractivity contribution is 7.89. The second-order valence-corrected chi connectivity index (χ2v) is 17.0. The van der Waals surface area contributed by atoms with Crippen LogP contribution in [0.1, 0.15) is 64.9 Å². The molecule has 2 unspecified atom stereocenters. The number of ether oxygens (including phenoxy) is 4. The summed E-state index contributed by atoms with van der Waals surface area (Å²) >= 11 is 12.8. The van der Waals surface area contributed by atoms with Crippen molar-refractivity contribution in [2.75, 3.05) is 26.2 Å². The van der Waals surface area contributed by atoms with Gasteiger partial charge in [0.25, 0.3) is 0 Å². The molecule has 2 bridgehead atoms. The maximum atomic E-state index is 15.2. The number of rotatable bonds is 16. The molecule has 1 aliphatic carbocycles. The molecule has 4 aromatic rings. The largest absolute Gasteiger partial charge is 0.619 e. The Kier molecular flexibility index (Phi) is 12.7. The first-order valence-electron chi connectivity index (χ1n) is 18.5. The third-order valence-electron chi connectivity index (χ3n) is 10.4. The zero-order valence-corrected chi connectivity index (χ0v) is 33.0. The van der Waals surface area contributed by atoms with E-state index in [1.54, 1.807) is 0 Å². The molecular weight excluding hydrogens is 826 g/mol. The Morgan fingerprint density at radius 2 is 1.67 bits per heavy atom. The van der Waals surface area contributed by atoms with Crippen LogP contribution < -0.4 is 18.9 Å². The summed E-state index contributed by atoms with van der Waals surface area (Å²) in [4.78, 5) is 29.3. The average Bonchev–Trinajstić information content (AvgIpc) is 4.03. The number of sulfonamides is 1. The van der Waals surface area contributed by atoms with E-state index in [4.69, 9.17) is 37.4 Å². The number of fused-ring (bicyclic) bond motifs is 3. The second kappa shape index (κ2) is 17.7. The van der Waals surface area contributed by atoms with Crippen molar-refractivity contribution in [1.29, 1.82) is 0 Å². The summed E-state index contributed by atoms with van der Waals surface area (Å²) in [6, 6.07) is 12.2. The molecule has 12 nitrogen and oxygen atoms in total. The summed E-state index contributed by atoms with van der Waals surface area (Å²) < 4.78 is 94.6. The lowest BCUT2D eigenvalue weighted by atomic mass is 9.86. The van der Waals surface area contributed by atoms with Crippen molar-refractivity contribution in [2.24, 2.45) is 11.8 Å². The van der Waals surface area contributed by atoms with Gasteiger partial charge in [-0.15, -0.1) is 0 Å². The summed E-state index contributed by atoms with van der Waals surface area (Å²) in [5, 5.41) is 11.9. The third-order valence-corrected chi connectivity index (χ3v) is 12.5. The number of alkyl halides is 2. The number of nitrogens with one attached hydrogen (secondary N) is 1. The van der Waals surface area contributed by atoms with E-state index in [0.29, 0.717) is 11.3 Å². The Morgan fingerprint density at radius 3 is 2.33 bits per heavy atom. The van der Waals surface area contributed by atoms with E-state index in [1.165, 1.54) is 54.6 Å². The molecule has 0 radical (unpaired) electrons. The van der Waals surface area contributed by atoms with Crippen LogP contribution in [0, 0.1) is 22.9 Å². The van der Waals surface area contributed by atoms with E-state index in [1.807, 2.05) is 0 Å². The van der Waals surface area contributed by atoms with Gasteiger partial charge in [0.05, 0.1) is 17.1 Å². The number of aromatic nitrogens is 1. The van der Waals surface area contributed by atoms with Gasteiger partial charge in [0.15, 0.2) is 23.9 Å². The smallest absolute Gasteiger partial charge is 0.387 e. The molecule has 18 heteroatoms. The summed E-state index contributed by atoms with van der Waals surface area (Å²) in [6.45, 7) is -0.691. The van der Waals surface area contributed by atoms with Gasteiger partial charge in [-0.2, -0.15) is 18.2 Å². The zero-order valence-electron chi connectivity index (χ0n) is 30.7. The number of halogens is 5. The maximum absolute atomic E-state index is 15.2. The predicted octanol–water partition coefficient (Wildman–Crippen LogP) is 6.95. The first kappa shape index (κ1) is 41.5. The molecule has 4 aliphatic rings. The number of hydrogen-bond acceptors (Lipinski definition) is 10. The molecule has 8 rings (SSSR count). The van der Waals surface area contributed by atoms with Gasteiger partial charge in [-0.05, 0) is 92.6 Å². The van der Waals surface area contributed by atoms with Gasteiger partial charge in [-0.3, -0.25) is 4.90 Å². The van der Waals surface area contributed by atoms with Crippen molar-refractivity contribution in [2.45, 2.75) is 61.9 Å². The number of hydrogen-bond donors (Lipinski definition) is 1. The molecule has 1 saturated carbocycles. The van der Waals surface area contributed by atoms with Crippen LogP contribution in [-0.4, -0.2) is 64.2 Å². The number of nitrogens with zero attached hydrogens (tertiary/aromatic N) is 2. The van der Waals surface area contributed by atoms with E-state index in [-0.39, 0.29) is 68.7 Å². The zero-order chi connectivity index (χ0) is 41.1. The van der Waals surface area contributed by atoms with E-state index >= 15 is 4.39 Å². The van der Waals surface area contributed by atoms with Gasteiger partial charge in [0, 0.05) is 24.1 Å². The minimum atomic E-state index is -4.64. The summed E-state index contributed by atoms with van der Waals surface area (Å²) in [5.74, 6) is -2.78. The highest BCUT2D eigenvalue weighted by Crippen LogP contribution is 2.38. The number of benzene rings is 3. The standard InChI is InChI=1S/C40H38Cl2F3N3O9S/c41-30-19-48(51)20-31(42)29(30)18-34(25-10-11-33(57-40(44)45)35(17-25)54-22-23-8-9-23)55-38(49)26-4-3-5-27(16-26)58(52,53)46-37(28-6-1-2-7-32(28)43)39(50)56-36-21-47-14-12-24(36)13-15-47/h1-7,10-11,16-17,19-20,23-24,34,36-37,40,46H,8-9,12-15,18,21-22H2/t34?,36-,37?/m0/s1. The fraction of sp³-hybridized carbons (Fsp3) is 0.375. The molecule has 4 fully saturated rings. The van der Waals surface area contributed by atoms with Crippen LogP contribution >= 0.6 is 23.2 Å². The maximum Gasteiger partial charge on any atom is 0.387 e. The van der Waals surface area contributed by atoms with Crippen molar-refractivity contribution in [1.82, 2.24) is 9.62 Å². The van der Waals surface area contributed by atoms with Crippen molar-refractivity contribution < 1.29 is 54.9 Å². The van der Waals surface area contributed by atoms with Crippen LogP contribution in [0.3, 0.4) is 0 Å². The van der Waals surface area contributed by atoms with Crippen LogP contribution in [0.25, 0.3) is 0 Å². The number of esters is 2. The molecule has 3 atom stereocenters. The second-order valence-electron chi connectivity index (χ2n) is 14.4. The molecule has 3 aliphatic heterocycles. The van der Waals surface area contributed by atoms with Crippen molar-refractivity contribution >= 4 is 45.2 Å². The fourth-order valence-corrected chi connectivity index (χ4v) is 8.89. The van der Waals surface area contributed by atoms with Gasteiger partial charge < -0.3 is 24.2 Å². The van der Waals surface area contributed by atoms with Gasteiger partial charge in [0.1, 0.15) is 34.1 Å². The Balaban J connectivity index is 1.16. The number of pyridine rings is 1. The number of piperidine rings is 3. The highest BCUT2D eigenvalue weighted by atomic mass is 35.5. The predicted molar refractivity (Wildman–Crippen MR) is 204 cm³/mol. The van der Waals surface area contributed by atoms with E-state index in [0.717, 1.165) is 63.3 Å². The van der Waals surface area contributed by atoms with Crippen LogP contribution in [0.4, 0.5) is 13.2 Å². The van der Waals surface area contributed by atoms with E-state index in [9.17, 15) is 32.0 Å². The highest BCUT2D eigenvalue weighted by Gasteiger charge is 2.39. The van der Waals surface area contributed by atoms with Crippen LogP contribution in [-0.2, 0) is 30.7 Å². The first-order valence-corrected chi connectivity index (χ1v) is 20.8. The topological polar surface area (TPSA) is 147 Å². The van der Waals surface area contributed by atoms with Crippen molar-refractivity contribution in [3.05, 3.63) is 122 Å². The summed E-state index contributed by atoms with van der Waals surface area (Å²) in [5.41, 5.74) is -0.0320.